The van der Waals surface area contributed by atoms with Crippen molar-refractivity contribution in [1.82, 2.24) is 10.2 Å². The van der Waals surface area contributed by atoms with E-state index in [1.165, 1.54) is 11.0 Å². The number of halogens is 3. The maximum atomic E-state index is 13.6. The van der Waals surface area contributed by atoms with Crippen LogP contribution in [-0.4, -0.2) is 47.0 Å². The van der Waals surface area contributed by atoms with Crippen molar-refractivity contribution in [2.75, 3.05) is 12.3 Å². The second-order valence-corrected chi connectivity index (χ2v) is 12.6. The first-order chi connectivity index (χ1) is 18.5. The van der Waals surface area contributed by atoms with Crippen molar-refractivity contribution in [3.8, 4) is 0 Å². The molecule has 0 radical (unpaired) electrons. The Kier molecular flexibility index (Phi) is 9.57. The fourth-order valence-corrected chi connectivity index (χ4v) is 5.63. The van der Waals surface area contributed by atoms with Crippen LogP contribution in [-0.2, 0) is 31.8 Å². The molecular formula is C29H41F3N4O4. The van der Waals surface area contributed by atoms with Gasteiger partial charge in [0.1, 0.15) is 6.04 Å². The third-order valence-electron chi connectivity index (χ3n) is 8.34. The number of amides is 3. The Morgan fingerprint density at radius 2 is 1.77 bits per heavy atom. The van der Waals surface area contributed by atoms with Crippen molar-refractivity contribution in [2.24, 2.45) is 28.9 Å². The molecule has 0 bridgehead atoms. The predicted octanol–water partition coefficient (Wildman–Crippen LogP) is 3.85. The number of anilines is 1. The highest BCUT2D eigenvalue weighted by Gasteiger charge is 2.43. The monoisotopic (exact) mass is 566 g/mol. The first kappa shape index (κ1) is 31.4. The number of likely N-dealkylation sites (tertiary alicyclic amines) is 1. The van der Waals surface area contributed by atoms with E-state index in [2.05, 4.69) is 5.32 Å². The zero-order valence-electron chi connectivity index (χ0n) is 23.6. The Hall–Kier alpha value is -3.11. The lowest BCUT2D eigenvalue weighted by Gasteiger charge is -2.32. The van der Waals surface area contributed by atoms with Gasteiger partial charge < -0.3 is 21.7 Å². The number of nitrogen functional groups attached to an aromatic ring is 1. The Morgan fingerprint density at radius 1 is 1.12 bits per heavy atom. The number of nitrogens with two attached hydrogens (primary N) is 2. The molecule has 1 aromatic carbocycles. The highest BCUT2D eigenvalue weighted by Crippen LogP contribution is 2.36. The second kappa shape index (κ2) is 12.2. The van der Waals surface area contributed by atoms with Gasteiger partial charge in [0.05, 0.1) is 11.6 Å². The number of nitrogens with one attached hydrogen (secondary N) is 1. The summed E-state index contributed by atoms with van der Waals surface area (Å²) in [6.45, 7) is 8.05. The Bertz CT molecular complexity index is 1130. The lowest BCUT2D eigenvalue weighted by Crippen LogP contribution is -2.53. The first-order valence-electron chi connectivity index (χ1n) is 13.9. The molecule has 1 aliphatic carbocycles. The van der Waals surface area contributed by atoms with E-state index in [0.29, 0.717) is 24.9 Å². The minimum Gasteiger partial charge on any atom is -0.398 e. The van der Waals surface area contributed by atoms with Gasteiger partial charge in [-0.05, 0) is 60.1 Å². The van der Waals surface area contributed by atoms with E-state index in [9.17, 15) is 32.3 Å². The van der Waals surface area contributed by atoms with Crippen LogP contribution in [0, 0.1) is 23.2 Å². The molecule has 2 fully saturated rings. The third-order valence-corrected chi connectivity index (χ3v) is 8.34. The standard InChI is InChI=1S/C29H41F3N4O4/c1-16(2)19-11-23(27(40)35-22(25(38)26(34)39)10-17-6-5-7-17)36(15-19)24(37)14-28(3,4)13-18-8-9-20(12-21(18)33)29(30,31)32/h8-9,12,16-17,19,22-23H,5-7,10-11,13-15,33H2,1-4H3,(H2,34,39)(H,35,40)/t19-,22?,23+/m1/s1. The molecular weight excluding hydrogens is 525 g/mol. The van der Waals surface area contributed by atoms with Crippen LogP contribution in [0.3, 0.4) is 0 Å². The molecule has 3 atom stereocenters. The normalized spacial score (nSPS) is 20.8. The van der Waals surface area contributed by atoms with Crippen LogP contribution in [0.25, 0.3) is 0 Å². The number of carbonyl (C=O) groups excluding carboxylic acids is 4. The average molecular weight is 567 g/mol. The smallest absolute Gasteiger partial charge is 0.398 e. The molecule has 0 spiro atoms. The number of hydrogen-bond acceptors (Lipinski definition) is 5. The Labute approximate surface area is 233 Å². The van der Waals surface area contributed by atoms with Gasteiger partial charge in [-0.2, -0.15) is 13.2 Å². The van der Waals surface area contributed by atoms with Gasteiger partial charge in [0.2, 0.25) is 17.6 Å². The topological polar surface area (TPSA) is 136 Å². The summed E-state index contributed by atoms with van der Waals surface area (Å²) in [6, 6.07) is 1.38. The zero-order chi connectivity index (χ0) is 30.0. The first-order valence-corrected chi connectivity index (χ1v) is 13.9. The average Bonchev–Trinajstić information content (AvgIpc) is 3.26. The fraction of sp³-hybridized carbons (Fsp3) is 0.655. The lowest BCUT2D eigenvalue weighted by atomic mass is 9.80. The molecule has 40 heavy (non-hydrogen) atoms. The van der Waals surface area contributed by atoms with Crippen molar-refractivity contribution in [3.05, 3.63) is 29.3 Å². The van der Waals surface area contributed by atoms with Gasteiger partial charge >= 0.3 is 6.18 Å². The van der Waals surface area contributed by atoms with Gasteiger partial charge in [0, 0.05) is 18.7 Å². The molecule has 5 N–H and O–H groups in total. The summed E-state index contributed by atoms with van der Waals surface area (Å²) in [4.78, 5) is 52.7. The van der Waals surface area contributed by atoms with E-state index in [4.69, 9.17) is 11.5 Å². The molecule has 2 aliphatic rings. The fourth-order valence-electron chi connectivity index (χ4n) is 5.63. The number of ketones is 1. The number of alkyl halides is 3. The van der Waals surface area contributed by atoms with Crippen LogP contribution < -0.4 is 16.8 Å². The van der Waals surface area contributed by atoms with E-state index >= 15 is 0 Å². The molecule has 8 nitrogen and oxygen atoms in total. The summed E-state index contributed by atoms with van der Waals surface area (Å²) in [7, 11) is 0. The molecule has 1 saturated carbocycles. The van der Waals surface area contributed by atoms with Crippen molar-refractivity contribution in [3.63, 3.8) is 0 Å². The van der Waals surface area contributed by atoms with Gasteiger partial charge in [0.25, 0.3) is 5.91 Å². The van der Waals surface area contributed by atoms with Gasteiger partial charge in [-0.3, -0.25) is 19.2 Å². The van der Waals surface area contributed by atoms with Gasteiger partial charge in [-0.1, -0.05) is 53.0 Å². The maximum absolute atomic E-state index is 13.6. The molecule has 1 aromatic rings. The van der Waals surface area contributed by atoms with E-state index in [0.717, 1.165) is 31.4 Å². The minimum atomic E-state index is -4.50. The van der Waals surface area contributed by atoms with Crippen LogP contribution in [0.15, 0.2) is 18.2 Å². The second-order valence-electron chi connectivity index (χ2n) is 12.6. The number of benzene rings is 1. The van der Waals surface area contributed by atoms with Crippen LogP contribution >= 0.6 is 0 Å². The molecule has 3 amide bonds. The third kappa shape index (κ3) is 7.75. The van der Waals surface area contributed by atoms with Crippen LogP contribution in [0.1, 0.15) is 77.3 Å². The van der Waals surface area contributed by atoms with E-state index < -0.39 is 46.8 Å². The van der Waals surface area contributed by atoms with Gasteiger partial charge in [-0.25, -0.2) is 0 Å². The van der Waals surface area contributed by atoms with Crippen LogP contribution in [0.5, 0.6) is 0 Å². The molecule has 1 saturated heterocycles. The van der Waals surface area contributed by atoms with Gasteiger partial charge in [0.15, 0.2) is 0 Å². The highest BCUT2D eigenvalue weighted by molar-refractivity contribution is 6.37. The molecule has 1 unspecified atom stereocenters. The molecule has 222 valence electrons. The van der Waals surface area contributed by atoms with Gasteiger partial charge in [-0.15, -0.1) is 0 Å². The minimum absolute atomic E-state index is 0.00488. The van der Waals surface area contributed by atoms with Crippen molar-refractivity contribution in [2.45, 2.75) is 90.9 Å². The Balaban J connectivity index is 1.74. The summed E-state index contributed by atoms with van der Waals surface area (Å²) < 4.78 is 39.1. The lowest BCUT2D eigenvalue weighted by molar-refractivity contribution is -0.142. The summed E-state index contributed by atoms with van der Waals surface area (Å²) >= 11 is 0. The molecule has 3 rings (SSSR count). The van der Waals surface area contributed by atoms with Crippen molar-refractivity contribution < 1.29 is 32.3 Å². The molecule has 11 heteroatoms. The summed E-state index contributed by atoms with van der Waals surface area (Å²) in [5.74, 6) is -2.20. The maximum Gasteiger partial charge on any atom is 0.416 e. The number of rotatable bonds is 11. The molecule has 0 aromatic heterocycles. The zero-order valence-corrected chi connectivity index (χ0v) is 23.6. The number of Topliss-reactive ketones (excluding diaryl/α,β-unsaturated/α-hetero) is 1. The molecule has 1 aliphatic heterocycles. The van der Waals surface area contributed by atoms with E-state index in [1.807, 2.05) is 27.7 Å². The highest BCUT2D eigenvalue weighted by atomic mass is 19.4. The Morgan fingerprint density at radius 3 is 2.27 bits per heavy atom. The van der Waals surface area contributed by atoms with E-state index in [-0.39, 0.29) is 42.2 Å². The summed E-state index contributed by atoms with van der Waals surface area (Å²) in [5.41, 5.74) is 10.2. The van der Waals surface area contributed by atoms with E-state index in [1.54, 1.807) is 0 Å². The van der Waals surface area contributed by atoms with Crippen LogP contribution in [0.4, 0.5) is 18.9 Å². The van der Waals surface area contributed by atoms with Crippen LogP contribution in [0.2, 0.25) is 0 Å². The predicted molar refractivity (Wildman–Crippen MR) is 144 cm³/mol. The summed E-state index contributed by atoms with van der Waals surface area (Å²) in [5, 5.41) is 2.72. The number of hydrogen-bond donors (Lipinski definition) is 3. The SMILES string of the molecule is CC(C)[C@@H]1C[C@@H](C(=O)NC(CC2CCC2)C(=O)C(N)=O)N(C(=O)CC(C)(C)Cc2ccc(C(F)(F)F)cc2N)C1. The van der Waals surface area contributed by atoms with Crippen molar-refractivity contribution >= 4 is 29.2 Å². The number of primary amides is 1. The quantitative estimate of drug-likeness (QED) is 0.276. The summed E-state index contributed by atoms with van der Waals surface area (Å²) in [6.07, 6.45) is -0.585. The van der Waals surface area contributed by atoms with Crippen molar-refractivity contribution in [1.29, 1.82) is 0 Å². The number of nitrogens with zero attached hydrogens (tertiary/aromatic N) is 1. The largest absolute Gasteiger partial charge is 0.416 e. The number of carbonyl (C=O) groups is 4. The molecule has 1 heterocycles.